The second-order valence-corrected chi connectivity index (χ2v) is 9.54. The lowest BCUT2D eigenvalue weighted by Crippen LogP contribution is -2.37. The summed E-state index contributed by atoms with van der Waals surface area (Å²) >= 11 is 0. The standard InChI is InChI=1S/C28H34N2O3/c1-18-10-9-11-22(12-18)23-13-19(2)14-24(15-23)30(27(31)33-28(5,6)7)17-25-21(4)26(32-8)20(3)16-29-25/h9-16H,17H2,1-8H3. The van der Waals surface area contributed by atoms with Crippen molar-refractivity contribution in [3.05, 3.63) is 76.6 Å². The number of hydrogen-bond acceptors (Lipinski definition) is 4. The minimum atomic E-state index is -0.619. The van der Waals surface area contributed by atoms with E-state index in [0.29, 0.717) is 0 Å². The Labute approximate surface area is 197 Å². The molecule has 0 atom stereocenters. The van der Waals surface area contributed by atoms with Gasteiger partial charge in [0, 0.05) is 23.0 Å². The maximum Gasteiger partial charge on any atom is 0.415 e. The third-order valence-electron chi connectivity index (χ3n) is 5.40. The van der Waals surface area contributed by atoms with E-state index in [1.54, 1.807) is 18.2 Å². The van der Waals surface area contributed by atoms with Crippen molar-refractivity contribution in [2.45, 2.75) is 60.6 Å². The van der Waals surface area contributed by atoms with Crippen molar-refractivity contribution >= 4 is 11.8 Å². The minimum Gasteiger partial charge on any atom is -0.496 e. The molecule has 5 nitrogen and oxygen atoms in total. The van der Waals surface area contributed by atoms with Crippen molar-refractivity contribution in [1.29, 1.82) is 0 Å². The Hall–Kier alpha value is -3.34. The number of nitrogens with zero attached hydrogens (tertiary/aromatic N) is 2. The van der Waals surface area contributed by atoms with Gasteiger partial charge in [-0.25, -0.2) is 4.79 Å². The summed E-state index contributed by atoms with van der Waals surface area (Å²) in [5, 5.41) is 0. The summed E-state index contributed by atoms with van der Waals surface area (Å²) in [5.41, 5.74) is 7.19. The third kappa shape index (κ3) is 5.92. The Morgan fingerprint density at radius 2 is 1.67 bits per heavy atom. The average molecular weight is 447 g/mol. The van der Waals surface area contributed by atoms with Gasteiger partial charge in [0.15, 0.2) is 0 Å². The molecule has 1 amide bonds. The van der Waals surface area contributed by atoms with Crippen molar-refractivity contribution in [3.8, 4) is 16.9 Å². The van der Waals surface area contributed by atoms with Crippen molar-refractivity contribution < 1.29 is 14.3 Å². The number of pyridine rings is 1. The fourth-order valence-corrected chi connectivity index (χ4v) is 3.87. The normalized spacial score (nSPS) is 11.3. The Morgan fingerprint density at radius 3 is 2.30 bits per heavy atom. The predicted molar refractivity (Wildman–Crippen MR) is 134 cm³/mol. The first-order chi connectivity index (χ1) is 15.5. The van der Waals surface area contributed by atoms with Crippen LogP contribution in [0.2, 0.25) is 0 Å². The number of ether oxygens (including phenoxy) is 2. The smallest absolute Gasteiger partial charge is 0.415 e. The van der Waals surface area contributed by atoms with Crippen molar-refractivity contribution in [2.24, 2.45) is 0 Å². The molecular weight excluding hydrogens is 412 g/mol. The minimum absolute atomic E-state index is 0.272. The van der Waals surface area contributed by atoms with Gasteiger partial charge in [-0.15, -0.1) is 0 Å². The summed E-state index contributed by atoms with van der Waals surface area (Å²) in [6.45, 7) is 13.9. The number of carbonyl (C=O) groups is 1. The van der Waals surface area contributed by atoms with Crippen LogP contribution in [0.5, 0.6) is 5.75 Å². The SMILES string of the molecule is COc1c(C)cnc(CN(C(=O)OC(C)(C)C)c2cc(C)cc(-c3cccc(C)c3)c2)c1C. The highest BCUT2D eigenvalue weighted by Gasteiger charge is 2.26. The second-order valence-electron chi connectivity index (χ2n) is 9.54. The maximum absolute atomic E-state index is 13.4. The van der Waals surface area contributed by atoms with Gasteiger partial charge in [0.1, 0.15) is 11.4 Å². The first kappa shape index (κ1) is 24.3. The number of aryl methyl sites for hydroxylation is 3. The van der Waals surface area contributed by atoms with Crippen LogP contribution >= 0.6 is 0 Å². The molecule has 0 aliphatic heterocycles. The molecule has 1 aromatic heterocycles. The number of rotatable bonds is 5. The lowest BCUT2D eigenvalue weighted by Gasteiger charge is -2.28. The molecule has 5 heteroatoms. The van der Waals surface area contributed by atoms with Gasteiger partial charge >= 0.3 is 6.09 Å². The molecule has 0 aliphatic rings. The summed E-state index contributed by atoms with van der Waals surface area (Å²) in [4.78, 5) is 19.6. The summed E-state index contributed by atoms with van der Waals surface area (Å²) < 4.78 is 11.4. The highest BCUT2D eigenvalue weighted by atomic mass is 16.6. The number of aromatic nitrogens is 1. The van der Waals surface area contributed by atoms with Crippen LogP contribution in [0.15, 0.2) is 48.7 Å². The summed E-state index contributed by atoms with van der Waals surface area (Å²) in [5.74, 6) is 0.786. The molecule has 0 radical (unpaired) electrons. The molecule has 3 rings (SSSR count). The molecule has 0 spiro atoms. The Bertz CT molecular complexity index is 1160. The molecule has 0 aliphatic carbocycles. The van der Waals surface area contributed by atoms with Gasteiger partial charge in [0.05, 0.1) is 19.3 Å². The molecule has 0 N–H and O–H groups in total. The second kappa shape index (κ2) is 9.65. The van der Waals surface area contributed by atoms with Gasteiger partial charge < -0.3 is 9.47 Å². The molecule has 0 unspecified atom stereocenters. The van der Waals surface area contributed by atoms with Gasteiger partial charge in [-0.05, 0) is 77.3 Å². The highest BCUT2D eigenvalue weighted by molar-refractivity contribution is 5.89. The Balaban J connectivity index is 2.10. The first-order valence-corrected chi connectivity index (χ1v) is 11.2. The van der Waals surface area contributed by atoms with E-state index in [9.17, 15) is 4.79 Å². The van der Waals surface area contributed by atoms with E-state index in [-0.39, 0.29) is 6.54 Å². The fourth-order valence-electron chi connectivity index (χ4n) is 3.87. The lowest BCUT2D eigenvalue weighted by molar-refractivity contribution is 0.0577. The van der Waals surface area contributed by atoms with Crippen LogP contribution in [0.4, 0.5) is 10.5 Å². The Kier molecular flexibility index (Phi) is 7.11. The monoisotopic (exact) mass is 446 g/mol. The number of methoxy groups -OCH3 is 1. The van der Waals surface area contributed by atoms with Gasteiger partial charge in [0.25, 0.3) is 0 Å². The van der Waals surface area contributed by atoms with Crippen LogP contribution < -0.4 is 9.64 Å². The van der Waals surface area contributed by atoms with Crippen LogP contribution in [0.25, 0.3) is 11.1 Å². The number of benzene rings is 2. The van der Waals surface area contributed by atoms with Crippen molar-refractivity contribution in [2.75, 3.05) is 12.0 Å². The molecule has 0 fully saturated rings. The number of anilines is 1. The molecule has 0 saturated carbocycles. The van der Waals surface area contributed by atoms with Gasteiger partial charge in [-0.3, -0.25) is 9.88 Å². The molecule has 1 heterocycles. The zero-order chi connectivity index (χ0) is 24.3. The van der Waals surface area contributed by atoms with E-state index >= 15 is 0 Å². The van der Waals surface area contributed by atoms with Crippen LogP contribution in [0, 0.1) is 27.7 Å². The third-order valence-corrected chi connectivity index (χ3v) is 5.40. The van der Waals surface area contributed by atoms with Gasteiger partial charge in [0.2, 0.25) is 0 Å². The van der Waals surface area contributed by atoms with Crippen LogP contribution in [-0.2, 0) is 11.3 Å². The number of amides is 1. The van der Waals surface area contributed by atoms with Crippen molar-refractivity contribution in [3.63, 3.8) is 0 Å². The quantitative estimate of drug-likeness (QED) is 0.426. The van der Waals surface area contributed by atoms with Crippen LogP contribution in [0.3, 0.4) is 0 Å². The summed E-state index contributed by atoms with van der Waals surface area (Å²) in [7, 11) is 1.65. The van der Waals surface area contributed by atoms with E-state index in [0.717, 1.165) is 44.9 Å². The molecule has 33 heavy (non-hydrogen) atoms. The Morgan fingerprint density at radius 1 is 0.970 bits per heavy atom. The van der Waals surface area contributed by atoms with Gasteiger partial charge in [-0.1, -0.05) is 35.9 Å². The molecule has 174 valence electrons. The molecule has 0 saturated heterocycles. The summed E-state index contributed by atoms with van der Waals surface area (Å²) in [6.07, 6.45) is 1.37. The van der Waals surface area contributed by atoms with E-state index in [2.05, 4.69) is 36.2 Å². The fraction of sp³-hybridized carbons (Fsp3) is 0.357. The largest absolute Gasteiger partial charge is 0.496 e. The lowest BCUT2D eigenvalue weighted by atomic mass is 10.0. The maximum atomic E-state index is 13.4. The van der Waals surface area contributed by atoms with Crippen LogP contribution in [-0.4, -0.2) is 23.8 Å². The van der Waals surface area contributed by atoms with E-state index in [1.807, 2.05) is 59.7 Å². The molecule has 2 aromatic carbocycles. The zero-order valence-corrected chi connectivity index (χ0v) is 20.9. The van der Waals surface area contributed by atoms with E-state index in [1.165, 1.54) is 5.56 Å². The number of hydrogen-bond donors (Lipinski definition) is 0. The average Bonchev–Trinajstić information content (AvgIpc) is 2.72. The van der Waals surface area contributed by atoms with Gasteiger partial charge in [-0.2, -0.15) is 0 Å². The molecule has 3 aromatic rings. The van der Waals surface area contributed by atoms with E-state index < -0.39 is 11.7 Å². The van der Waals surface area contributed by atoms with E-state index in [4.69, 9.17) is 9.47 Å². The van der Waals surface area contributed by atoms with Crippen LogP contribution in [0.1, 0.15) is 48.7 Å². The van der Waals surface area contributed by atoms with Crippen molar-refractivity contribution in [1.82, 2.24) is 4.98 Å². The molecule has 0 bridgehead atoms. The molecular formula is C28H34N2O3. The zero-order valence-electron chi connectivity index (χ0n) is 20.9. The topological polar surface area (TPSA) is 51.7 Å². The predicted octanol–water partition coefficient (Wildman–Crippen LogP) is 6.93. The summed E-state index contributed by atoms with van der Waals surface area (Å²) in [6, 6.07) is 14.5. The number of carbonyl (C=O) groups excluding carboxylic acids is 1. The first-order valence-electron chi connectivity index (χ1n) is 11.2. The highest BCUT2D eigenvalue weighted by Crippen LogP contribution is 2.31.